The molecule has 0 unspecified atom stereocenters. The average molecular weight is 384 g/mol. The number of thioether (sulfide) groups is 1. The first kappa shape index (κ1) is 20.3. The molecule has 0 aliphatic carbocycles. The molecule has 27 heavy (non-hydrogen) atoms. The first-order valence-corrected chi connectivity index (χ1v) is 9.37. The van der Waals surface area contributed by atoms with Gasteiger partial charge in [0.2, 0.25) is 0 Å². The lowest BCUT2D eigenvalue weighted by Crippen LogP contribution is -2.24. The van der Waals surface area contributed by atoms with Gasteiger partial charge in [-0.15, -0.1) is 11.8 Å². The second kappa shape index (κ2) is 10.9. The van der Waals surface area contributed by atoms with E-state index < -0.39 is 18.5 Å². The minimum absolute atomic E-state index is 0.265. The summed E-state index contributed by atoms with van der Waals surface area (Å²) in [6, 6.07) is 16.6. The number of hydrogen-bond donors (Lipinski definition) is 1. The highest BCUT2D eigenvalue weighted by Gasteiger charge is 2.11. The number of nitriles is 1. The SMILES string of the molecule is CCc1ccccc1OCC(=O)OCC(=O)Nc1ccccc1SCC#N. The number of rotatable bonds is 9. The summed E-state index contributed by atoms with van der Waals surface area (Å²) in [5.74, 6) is -0.173. The Morgan fingerprint density at radius 2 is 1.85 bits per heavy atom. The van der Waals surface area contributed by atoms with Crippen molar-refractivity contribution in [2.24, 2.45) is 0 Å². The topological polar surface area (TPSA) is 88.4 Å². The Morgan fingerprint density at radius 3 is 2.63 bits per heavy atom. The third-order valence-corrected chi connectivity index (χ3v) is 4.46. The van der Waals surface area contributed by atoms with Crippen LogP contribution >= 0.6 is 11.8 Å². The van der Waals surface area contributed by atoms with Gasteiger partial charge < -0.3 is 14.8 Å². The number of nitrogens with one attached hydrogen (secondary N) is 1. The third-order valence-electron chi connectivity index (χ3n) is 3.52. The number of ether oxygens (including phenoxy) is 2. The van der Waals surface area contributed by atoms with Crippen LogP contribution < -0.4 is 10.1 Å². The van der Waals surface area contributed by atoms with Crippen molar-refractivity contribution in [3.63, 3.8) is 0 Å². The lowest BCUT2D eigenvalue weighted by molar-refractivity contribution is -0.149. The Bertz CT molecular complexity index is 833. The number of amides is 1. The molecule has 0 spiro atoms. The second-order valence-corrected chi connectivity index (χ2v) is 6.42. The van der Waals surface area contributed by atoms with Crippen LogP contribution in [0.25, 0.3) is 0 Å². The van der Waals surface area contributed by atoms with Crippen molar-refractivity contribution < 1.29 is 19.1 Å². The van der Waals surface area contributed by atoms with E-state index in [1.165, 1.54) is 11.8 Å². The number of hydrogen-bond acceptors (Lipinski definition) is 6. The van der Waals surface area contributed by atoms with E-state index in [2.05, 4.69) is 5.32 Å². The summed E-state index contributed by atoms with van der Waals surface area (Å²) < 4.78 is 10.4. The van der Waals surface area contributed by atoms with E-state index in [-0.39, 0.29) is 12.4 Å². The van der Waals surface area contributed by atoms with Crippen LogP contribution in [0.5, 0.6) is 5.75 Å². The molecule has 0 aliphatic heterocycles. The largest absolute Gasteiger partial charge is 0.482 e. The monoisotopic (exact) mass is 384 g/mol. The standard InChI is InChI=1S/C20H20N2O4S/c1-2-15-7-3-5-9-17(15)25-14-20(24)26-13-19(23)22-16-8-4-6-10-18(16)27-12-11-21/h3-10H,2,12-14H2,1H3,(H,22,23). The van der Waals surface area contributed by atoms with E-state index in [4.69, 9.17) is 14.7 Å². The van der Waals surface area contributed by atoms with Gasteiger partial charge in [0.25, 0.3) is 5.91 Å². The maximum Gasteiger partial charge on any atom is 0.344 e. The Morgan fingerprint density at radius 1 is 1.11 bits per heavy atom. The molecule has 1 amide bonds. The van der Waals surface area contributed by atoms with E-state index in [0.29, 0.717) is 11.4 Å². The molecule has 7 heteroatoms. The number of carbonyl (C=O) groups is 2. The molecule has 2 aromatic rings. The zero-order valence-corrected chi connectivity index (χ0v) is 15.8. The van der Waals surface area contributed by atoms with E-state index in [9.17, 15) is 9.59 Å². The fourth-order valence-electron chi connectivity index (χ4n) is 2.25. The summed E-state index contributed by atoms with van der Waals surface area (Å²) in [6.07, 6.45) is 0.789. The van der Waals surface area contributed by atoms with Crippen LogP contribution in [-0.2, 0) is 20.7 Å². The first-order valence-electron chi connectivity index (χ1n) is 8.39. The number of benzene rings is 2. The molecule has 0 bridgehead atoms. The van der Waals surface area contributed by atoms with Crippen LogP contribution in [0.2, 0.25) is 0 Å². The maximum atomic E-state index is 12.0. The van der Waals surface area contributed by atoms with Crippen molar-refractivity contribution in [1.29, 1.82) is 5.26 Å². The third kappa shape index (κ3) is 6.68. The molecule has 0 aromatic heterocycles. The van der Waals surface area contributed by atoms with Gasteiger partial charge in [-0.05, 0) is 30.2 Å². The zero-order valence-electron chi connectivity index (χ0n) is 14.9. The molecule has 0 saturated carbocycles. The van der Waals surface area contributed by atoms with Crippen molar-refractivity contribution in [2.75, 3.05) is 24.3 Å². The molecule has 0 saturated heterocycles. The highest BCUT2D eigenvalue weighted by atomic mass is 32.2. The molecule has 0 fully saturated rings. The second-order valence-electron chi connectivity index (χ2n) is 5.40. The summed E-state index contributed by atoms with van der Waals surface area (Å²) in [4.78, 5) is 24.6. The summed E-state index contributed by atoms with van der Waals surface area (Å²) in [5.41, 5.74) is 1.57. The molecule has 140 valence electrons. The predicted octanol–water partition coefficient (Wildman–Crippen LogP) is 3.43. The maximum absolute atomic E-state index is 12.0. The van der Waals surface area contributed by atoms with Crippen molar-refractivity contribution in [3.05, 3.63) is 54.1 Å². The fraction of sp³-hybridized carbons (Fsp3) is 0.250. The minimum atomic E-state index is -0.622. The number of nitrogens with zero attached hydrogens (tertiary/aromatic N) is 1. The predicted molar refractivity (Wildman–Crippen MR) is 104 cm³/mol. The van der Waals surface area contributed by atoms with Gasteiger partial charge in [-0.25, -0.2) is 4.79 Å². The molecule has 2 aromatic carbocycles. The molecule has 0 radical (unpaired) electrons. The van der Waals surface area contributed by atoms with Crippen molar-refractivity contribution in [3.8, 4) is 11.8 Å². The number of carbonyl (C=O) groups excluding carboxylic acids is 2. The molecular weight excluding hydrogens is 364 g/mol. The Labute approximate surface area is 162 Å². The van der Waals surface area contributed by atoms with Crippen molar-refractivity contribution in [2.45, 2.75) is 18.2 Å². The summed E-state index contributed by atoms with van der Waals surface area (Å²) in [7, 11) is 0. The lowest BCUT2D eigenvalue weighted by Gasteiger charge is -2.11. The van der Waals surface area contributed by atoms with Crippen LogP contribution in [0, 0.1) is 11.3 Å². The number of aryl methyl sites for hydroxylation is 1. The number of anilines is 1. The van der Waals surface area contributed by atoms with Crippen LogP contribution in [-0.4, -0.2) is 30.8 Å². The van der Waals surface area contributed by atoms with Crippen LogP contribution in [0.3, 0.4) is 0 Å². The molecule has 0 atom stereocenters. The lowest BCUT2D eigenvalue weighted by atomic mass is 10.1. The minimum Gasteiger partial charge on any atom is -0.482 e. The number of esters is 1. The van der Waals surface area contributed by atoms with Crippen LogP contribution in [0.4, 0.5) is 5.69 Å². The quantitative estimate of drug-likeness (QED) is 0.526. The smallest absolute Gasteiger partial charge is 0.344 e. The molecular formula is C20H20N2O4S. The van der Waals surface area contributed by atoms with Crippen LogP contribution in [0.1, 0.15) is 12.5 Å². The van der Waals surface area contributed by atoms with Gasteiger partial charge in [-0.2, -0.15) is 5.26 Å². The van der Waals surface area contributed by atoms with Gasteiger partial charge in [0.1, 0.15) is 5.75 Å². The van der Waals surface area contributed by atoms with E-state index in [1.54, 1.807) is 18.2 Å². The normalized spacial score (nSPS) is 9.93. The van der Waals surface area contributed by atoms with Gasteiger partial charge in [0.05, 0.1) is 17.5 Å². The fourth-order valence-corrected chi connectivity index (χ4v) is 2.92. The van der Waals surface area contributed by atoms with Crippen LogP contribution in [0.15, 0.2) is 53.4 Å². The summed E-state index contributed by atoms with van der Waals surface area (Å²) in [5, 5.41) is 11.4. The van der Waals surface area contributed by atoms with Gasteiger partial charge in [-0.3, -0.25) is 4.79 Å². The Kier molecular flexibility index (Phi) is 8.20. The molecule has 0 aliphatic rings. The van der Waals surface area contributed by atoms with E-state index in [0.717, 1.165) is 16.9 Å². The average Bonchev–Trinajstić information content (AvgIpc) is 2.70. The van der Waals surface area contributed by atoms with Gasteiger partial charge in [0, 0.05) is 4.90 Å². The molecule has 6 nitrogen and oxygen atoms in total. The summed E-state index contributed by atoms with van der Waals surface area (Å²) in [6.45, 7) is 1.32. The van der Waals surface area contributed by atoms with Gasteiger partial charge in [0.15, 0.2) is 13.2 Å². The molecule has 0 heterocycles. The molecule has 1 N–H and O–H groups in total. The highest BCUT2D eigenvalue weighted by Crippen LogP contribution is 2.26. The van der Waals surface area contributed by atoms with Crippen molar-refractivity contribution in [1.82, 2.24) is 0 Å². The number of para-hydroxylation sites is 2. The van der Waals surface area contributed by atoms with E-state index >= 15 is 0 Å². The van der Waals surface area contributed by atoms with E-state index in [1.807, 2.05) is 43.3 Å². The summed E-state index contributed by atoms with van der Waals surface area (Å²) >= 11 is 1.32. The highest BCUT2D eigenvalue weighted by molar-refractivity contribution is 7.99. The molecule has 2 rings (SSSR count). The van der Waals surface area contributed by atoms with Crippen molar-refractivity contribution >= 4 is 29.3 Å². The van der Waals surface area contributed by atoms with Gasteiger partial charge in [-0.1, -0.05) is 37.3 Å². The zero-order chi connectivity index (χ0) is 19.5. The Hall–Kier alpha value is -2.98. The van der Waals surface area contributed by atoms with Gasteiger partial charge >= 0.3 is 5.97 Å². The Balaban J connectivity index is 1.80. The first-order chi connectivity index (χ1) is 13.1.